The van der Waals surface area contributed by atoms with Crippen molar-refractivity contribution in [1.29, 1.82) is 0 Å². The van der Waals surface area contributed by atoms with Gasteiger partial charge in [-0.1, -0.05) is 13.8 Å². The third kappa shape index (κ3) is 6.58. The average molecular weight is 173 g/mol. The Kier molecular flexibility index (Phi) is 5.46. The minimum atomic E-state index is 0.101. The van der Waals surface area contributed by atoms with Crippen LogP contribution in [0.4, 0.5) is 0 Å². The Hall–Kier alpha value is -0.120. The molecular weight excluding hydrogens is 150 g/mol. The zero-order valence-corrected chi connectivity index (χ0v) is 8.78. The van der Waals surface area contributed by atoms with Crippen LogP contribution in [-0.2, 0) is 0 Å². The zero-order valence-electron chi connectivity index (χ0n) is 8.78. The molecule has 12 heavy (non-hydrogen) atoms. The minimum absolute atomic E-state index is 0.101. The van der Waals surface area contributed by atoms with E-state index < -0.39 is 0 Å². The van der Waals surface area contributed by atoms with Crippen LogP contribution in [0.15, 0.2) is 0 Å². The molecule has 74 valence electrons. The number of hydrogen-bond acceptors (Lipinski definition) is 3. The Morgan fingerprint density at radius 1 is 1.33 bits per heavy atom. The molecule has 0 spiro atoms. The van der Waals surface area contributed by atoms with Gasteiger partial charge in [0.05, 0.1) is 0 Å². The summed E-state index contributed by atoms with van der Waals surface area (Å²) >= 11 is 0. The highest BCUT2D eigenvalue weighted by molar-refractivity contribution is 4.78. The standard InChI is InChI=1S/C9H23N3/c1-8(2)5-6-11-9(3,4)7-12-10/h8,11-12H,5-7,10H2,1-4H3. The van der Waals surface area contributed by atoms with E-state index in [4.69, 9.17) is 5.84 Å². The van der Waals surface area contributed by atoms with E-state index in [1.807, 2.05) is 0 Å². The van der Waals surface area contributed by atoms with Crippen molar-refractivity contribution in [2.75, 3.05) is 13.1 Å². The van der Waals surface area contributed by atoms with E-state index in [0.29, 0.717) is 0 Å². The summed E-state index contributed by atoms with van der Waals surface area (Å²) in [6, 6.07) is 0. The summed E-state index contributed by atoms with van der Waals surface area (Å²) in [4.78, 5) is 0. The lowest BCUT2D eigenvalue weighted by molar-refractivity contribution is 0.355. The Morgan fingerprint density at radius 2 is 1.92 bits per heavy atom. The van der Waals surface area contributed by atoms with Crippen molar-refractivity contribution in [3.05, 3.63) is 0 Å². The molecule has 0 saturated carbocycles. The molecule has 3 heteroatoms. The molecule has 0 heterocycles. The first-order valence-corrected chi connectivity index (χ1v) is 4.66. The van der Waals surface area contributed by atoms with Crippen LogP contribution < -0.4 is 16.6 Å². The highest BCUT2D eigenvalue weighted by Gasteiger charge is 2.14. The molecule has 4 N–H and O–H groups in total. The van der Waals surface area contributed by atoms with E-state index in [2.05, 4.69) is 38.4 Å². The van der Waals surface area contributed by atoms with Crippen molar-refractivity contribution in [2.24, 2.45) is 11.8 Å². The van der Waals surface area contributed by atoms with Gasteiger partial charge >= 0.3 is 0 Å². The van der Waals surface area contributed by atoms with E-state index in [1.165, 1.54) is 6.42 Å². The molecule has 0 saturated heterocycles. The molecule has 0 aliphatic carbocycles. The Bertz CT molecular complexity index is 110. The zero-order chi connectivity index (χ0) is 9.61. The van der Waals surface area contributed by atoms with Gasteiger partial charge in [-0.15, -0.1) is 0 Å². The fraction of sp³-hybridized carbons (Fsp3) is 1.00. The molecule has 0 amide bonds. The van der Waals surface area contributed by atoms with Gasteiger partial charge in [-0.05, 0) is 32.7 Å². The lowest BCUT2D eigenvalue weighted by Crippen LogP contribution is -2.49. The van der Waals surface area contributed by atoms with Crippen LogP contribution >= 0.6 is 0 Å². The van der Waals surface area contributed by atoms with Crippen molar-refractivity contribution < 1.29 is 0 Å². The van der Waals surface area contributed by atoms with Crippen LogP contribution in [0.5, 0.6) is 0 Å². The van der Waals surface area contributed by atoms with E-state index in [9.17, 15) is 0 Å². The first-order valence-electron chi connectivity index (χ1n) is 4.66. The predicted octanol–water partition coefficient (Wildman–Crippen LogP) is 0.864. The summed E-state index contributed by atoms with van der Waals surface area (Å²) in [7, 11) is 0. The van der Waals surface area contributed by atoms with Crippen LogP contribution in [0.1, 0.15) is 34.1 Å². The molecule has 0 aromatic heterocycles. The third-order valence-electron chi connectivity index (χ3n) is 1.87. The highest BCUT2D eigenvalue weighted by Crippen LogP contribution is 2.02. The lowest BCUT2D eigenvalue weighted by Gasteiger charge is -2.26. The van der Waals surface area contributed by atoms with Crippen LogP contribution in [0.2, 0.25) is 0 Å². The SMILES string of the molecule is CC(C)CCNC(C)(C)CNN. The summed E-state index contributed by atoms with van der Waals surface area (Å²) in [5, 5.41) is 3.45. The van der Waals surface area contributed by atoms with Gasteiger partial charge in [0, 0.05) is 12.1 Å². The normalized spacial score (nSPS) is 12.5. The largest absolute Gasteiger partial charge is 0.310 e. The molecule has 3 nitrogen and oxygen atoms in total. The molecule has 0 aliphatic rings. The predicted molar refractivity (Wildman–Crippen MR) is 53.7 cm³/mol. The van der Waals surface area contributed by atoms with Crippen LogP contribution in [0.3, 0.4) is 0 Å². The van der Waals surface area contributed by atoms with Crippen molar-refractivity contribution >= 4 is 0 Å². The van der Waals surface area contributed by atoms with E-state index in [0.717, 1.165) is 19.0 Å². The number of hydrazine groups is 1. The van der Waals surface area contributed by atoms with Gasteiger partial charge in [0.2, 0.25) is 0 Å². The summed E-state index contributed by atoms with van der Waals surface area (Å²) in [6.45, 7) is 10.6. The van der Waals surface area contributed by atoms with Crippen molar-refractivity contribution in [2.45, 2.75) is 39.7 Å². The van der Waals surface area contributed by atoms with Crippen molar-refractivity contribution in [3.63, 3.8) is 0 Å². The molecule has 0 rings (SSSR count). The topological polar surface area (TPSA) is 50.1 Å². The average Bonchev–Trinajstić information content (AvgIpc) is 1.85. The lowest BCUT2D eigenvalue weighted by atomic mass is 10.0. The molecule has 0 aromatic rings. The molecule has 0 unspecified atom stereocenters. The van der Waals surface area contributed by atoms with Crippen LogP contribution in [0.25, 0.3) is 0 Å². The Balaban J connectivity index is 3.46. The first-order chi connectivity index (χ1) is 5.48. The second-order valence-corrected chi connectivity index (χ2v) is 4.37. The maximum absolute atomic E-state index is 5.26. The van der Waals surface area contributed by atoms with Crippen molar-refractivity contribution in [1.82, 2.24) is 10.7 Å². The van der Waals surface area contributed by atoms with Gasteiger partial charge < -0.3 is 5.32 Å². The van der Waals surface area contributed by atoms with Gasteiger partial charge in [-0.3, -0.25) is 11.3 Å². The van der Waals surface area contributed by atoms with Gasteiger partial charge in [0.15, 0.2) is 0 Å². The number of nitrogens with two attached hydrogens (primary N) is 1. The molecule has 0 aromatic carbocycles. The van der Waals surface area contributed by atoms with Gasteiger partial charge in [0.1, 0.15) is 0 Å². The molecule has 0 radical (unpaired) electrons. The van der Waals surface area contributed by atoms with E-state index in [1.54, 1.807) is 0 Å². The molecule has 0 fully saturated rings. The summed E-state index contributed by atoms with van der Waals surface area (Å²) in [5.41, 5.74) is 2.78. The third-order valence-corrected chi connectivity index (χ3v) is 1.87. The number of nitrogens with one attached hydrogen (secondary N) is 2. The summed E-state index contributed by atoms with van der Waals surface area (Å²) < 4.78 is 0. The summed E-state index contributed by atoms with van der Waals surface area (Å²) in [5.74, 6) is 6.02. The van der Waals surface area contributed by atoms with Gasteiger partial charge in [0.25, 0.3) is 0 Å². The van der Waals surface area contributed by atoms with Gasteiger partial charge in [-0.25, -0.2) is 0 Å². The maximum atomic E-state index is 5.26. The maximum Gasteiger partial charge on any atom is 0.0275 e. The smallest absolute Gasteiger partial charge is 0.0275 e. The van der Waals surface area contributed by atoms with E-state index >= 15 is 0 Å². The number of hydrogen-bond donors (Lipinski definition) is 3. The Labute approximate surface area is 76.1 Å². The first kappa shape index (κ1) is 11.9. The van der Waals surface area contributed by atoms with Gasteiger partial charge in [-0.2, -0.15) is 0 Å². The van der Waals surface area contributed by atoms with E-state index in [-0.39, 0.29) is 5.54 Å². The molecule has 0 bridgehead atoms. The fourth-order valence-corrected chi connectivity index (χ4v) is 1.02. The Morgan fingerprint density at radius 3 is 2.33 bits per heavy atom. The number of rotatable bonds is 6. The quantitative estimate of drug-likeness (QED) is 0.412. The van der Waals surface area contributed by atoms with Crippen molar-refractivity contribution in [3.8, 4) is 0 Å². The second kappa shape index (κ2) is 5.51. The summed E-state index contributed by atoms with van der Waals surface area (Å²) in [6.07, 6.45) is 1.22. The monoisotopic (exact) mass is 173 g/mol. The minimum Gasteiger partial charge on any atom is -0.310 e. The molecule has 0 atom stereocenters. The fourth-order valence-electron chi connectivity index (χ4n) is 1.02. The van der Waals surface area contributed by atoms with Crippen LogP contribution in [0, 0.1) is 5.92 Å². The molecular formula is C9H23N3. The highest BCUT2D eigenvalue weighted by atomic mass is 15.2. The van der Waals surface area contributed by atoms with Crippen LogP contribution in [-0.4, -0.2) is 18.6 Å². The molecule has 0 aliphatic heterocycles. The second-order valence-electron chi connectivity index (χ2n) is 4.37.